The van der Waals surface area contributed by atoms with E-state index in [1.165, 1.54) is 12.1 Å². The van der Waals surface area contributed by atoms with E-state index < -0.39 is 27.6 Å². The Morgan fingerprint density at radius 1 is 1.29 bits per heavy atom. The molecule has 0 amide bonds. The molecule has 1 N–H and O–H groups in total. The summed E-state index contributed by atoms with van der Waals surface area (Å²) in [7, 11) is -3.60. The van der Waals surface area contributed by atoms with Gasteiger partial charge in [0.15, 0.2) is 5.82 Å². The lowest BCUT2D eigenvalue weighted by Crippen LogP contribution is -2.11. The van der Waals surface area contributed by atoms with Crippen LogP contribution in [0.2, 0.25) is 0 Å². The molecular weight excluding hydrogens is 362 g/mol. The average molecular weight is 372 g/mol. The molecule has 1 aliphatic rings. The third-order valence-corrected chi connectivity index (χ3v) is 4.70. The molecule has 2 heterocycles. The number of rotatable bonds is 4. The summed E-state index contributed by atoms with van der Waals surface area (Å²) in [6.07, 6.45) is 1.81. The van der Waals surface area contributed by atoms with Crippen LogP contribution in [0.15, 0.2) is 34.3 Å². The van der Waals surface area contributed by atoms with E-state index in [2.05, 4.69) is 9.71 Å². The molecule has 126 valence electrons. The molecular formula is C14H10F2N2O4S2. The van der Waals surface area contributed by atoms with Gasteiger partial charge in [-0.15, -0.1) is 0 Å². The fourth-order valence-corrected chi connectivity index (χ4v) is 3.60. The summed E-state index contributed by atoms with van der Waals surface area (Å²) >= 11 is 0.771. The van der Waals surface area contributed by atoms with E-state index in [0.717, 1.165) is 24.2 Å². The zero-order valence-electron chi connectivity index (χ0n) is 12.2. The molecule has 0 fully saturated rings. The van der Waals surface area contributed by atoms with Gasteiger partial charge in [-0.25, -0.2) is 27.0 Å². The molecule has 0 radical (unpaired) electrons. The summed E-state index contributed by atoms with van der Waals surface area (Å²) < 4.78 is 57.0. The number of benzene rings is 1. The lowest BCUT2D eigenvalue weighted by atomic mass is 10.1. The van der Waals surface area contributed by atoms with Crippen LogP contribution in [0.25, 0.3) is 0 Å². The SMILES string of the molecule is CS(=O)(=O)Nc1cc2c(cc1Sc1ncc(F)cc1F)C(=O)OC2. The fraction of sp³-hybridized carbons (Fsp3) is 0.143. The third kappa shape index (κ3) is 3.49. The highest BCUT2D eigenvalue weighted by Crippen LogP contribution is 2.38. The van der Waals surface area contributed by atoms with Crippen molar-refractivity contribution in [2.45, 2.75) is 16.5 Å². The molecule has 0 aliphatic carbocycles. The lowest BCUT2D eigenvalue weighted by molar-refractivity contribution is 0.0535. The number of cyclic esters (lactones) is 1. The van der Waals surface area contributed by atoms with E-state index in [0.29, 0.717) is 11.6 Å². The number of pyridine rings is 1. The summed E-state index contributed by atoms with van der Waals surface area (Å²) in [4.78, 5) is 15.6. The first-order chi connectivity index (χ1) is 11.2. The Balaban J connectivity index is 2.07. The van der Waals surface area contributed by atoms with E-state index in [9.17, 15) is 22.0 Å². The first-order valence-electron chi connectivity index (χ1n) is 6.53. The number of hydrogen-bond donors (Lipinski definition) is 1. The molecule has 0 bridgehead atoms. The maximum atomic E-state index is 13.8. The minimum absolute atomic E-state index is 0.0285. The molecule has 0 spiro atoms. The summed E-state index contributed by atoms with van der Waals surface area (Å²) in [5, 5.41) is -0.153. The van der Waals surface area contributed by atoms with Crippen LogP contribution in [-0.4, -0.2) is 25.6 Å². The van der Waals surface area contributed by atoms with Crippen LogP contribution < -0.4 is 4.72 Å². The predicted molar refractivity (Wildman–Crippen MR) is 82.3 cm³/mol. The maximum Gasteiger partial charge on any atom is 0.338 e. The minimum atomic E-state index is -3.60. The molecule has 10 heteroatoms. The number of halogens is 2. The van der Waals surface area contributed by atoms with Crippen molar-refractivity contribution < 1.29 is 26.7 Å². The summed E-state index contributed by atoms with van der Waals surface area (Å²) in [6.45, 7) is 0.0285. The van der Waals surface area contributed by atoms with Crippen LogP contribution in [0.1, 0.15) is 15.9 Å². The number of anilines is 1. The Morgan fingerprint density at radius 2 is 2.04 bits per heavy atom. The topological polar surface area (TPSA) is 85.4 Å². The Kier molecular flexibility index (Phi) is 4.18. The normalized spacial score (nSPS) is 13.5. The second-order valence-electron chi connectivity index (χ2n) is 5.00. The van der Waals surface area contributed by atoms with E-state index >= 15 is 0 Å². The molecule has 0 saturated carbocycles. The highest BCUT2D eigenvalue weighted by Gasteiger charge is 2.25. The molecule has 1 aromatic heterocycles. The molecule has 0 unspecified atom stereocenters. The summed E-state index contributed by atoms with van der Waals surface area (Å²) in [5.74, 6) is -2.28. The van der Waals surface area contributed by atoms with Gasteiger partial charge in [0.1, 0.15) is 17.5 Å². The fourth-order valence-electron chi connectivity index (χ4n) is 2.10. The van der Waals surface area contributed by atoms with Crippen LogP contribution >= 0.6 is 11.8 Å². The van der Waals surface area contributed by atoms with Gasteiger partial charge in [-0.3, -0.25) is 4.72 Å². The Bertz CT molecular complexity index is 948. The predicted octanol–water partition coefficient (Wildman–Crippen LogP) is 2.55. The number of hydrogen-bond acceptors (Lipinski definition) is 6. The van der Waals surface area contributed by atoms with E-state index in [4.69, 9.17) is 4.74 Å². The maximum absolute atomic E-state index is 13.8. The van der Waals surface area contributed by atoms with Crippen molar-refractivity contribution in [1.29, 1.82) is 0 Å². The van der Waals surface area contributed by atoms with Gasteiger partial charge in [0, 0.05) is 16.5 Å². The summed E-state index contributed by atoms with van der Waals surface area (Å²) in [5.41, 5.74) is 0.937. The number of nitrogens with one attached hydrogen (secondary N) is 1. The average Bonchev–Trinajstić information content (AvgIpc) is 2.81. The molecule has 2 aromatic rings. The van der Waals surface area contributed by atoms with E-state index in [-0.39, 0.29) is 27.8 Å². The van der Waals surface area contributed by atoms with Crippen LogP contribution in [0, 0.1) is 11.6 Å². The number of nitrogens with zero attached hydrogens (tertiary/aromatic N) is 1. The smallest absolute Gasteiger partial charge is 0.338 e. The zero-order valence-corrected chi connectivity index (χ0v) is 13.8. The quantitative estimate of drug-likeness (QED) is 0.831. The van der Waals surface area contributed by atoms with E-state index in [1.54, 1.807) is 0 Å². The Morgan fingerprint density at radius 3 is 2.71 bits per heavy atom. The van der Waals surface area contributed by atoms with Gasteiger partial charge >= 0.3 is 5.97 Å². The summed E-state index contributed by atoms with van der Waals surface area (Å²) in [6, 6.07) is 3.51. The molecule has 3 rings (SSSR count). The van der Waals surface area contributed by atoms with Gasteiger partial charge in [0.05, 0.1) is 23.7 Å². The van der Waals surface area contributed by atoms with Crippen molar-refractivity contribution in [1.82, 2.24) is 4.98 Å². The van der Waals surface area contributed by atoms with Crippen molar-refractivity contribution >= 4 is 33.4 Å². The van der Waals surface area contributed by atoms with Crippen molar-refractivity contribution in [3.05, 3.63) is 47.2 Å². The van der Waals surface area contributed by atoms with Gasteiger partial charge in [-0.05, 0) is 12.1 Å². The number of esters is 1. The number of sulfonamides is 1. The minimum Gasteiger partial charge on any atom is -0.457 e. The van der Waals surface area contributed by atoms with Crippen molar-refractivity contribution in [3.63, 3.8) is 0 Å². The number of aromatic nitrogens is 1. The highest BCUT2D eigenvalue weighted by molar-refractivity contribution is 7.99. The third-order valence-electron chi connectivity index (χ3n) is 3.06. The number of carbonyl (C=O) groups is 1. The molecule has 0 saturated heterocycles. The van der Waals surface area contributed by atoms with Crippen molar-refractivity contribution in [2.24, 2.45) is 0 Å². The lowest BCUT2D eigenvalue weighted by Gasteiger charge is -2.12. The number of ether oxygens (including phenoxy) is 1. The molecule has 0 atom stereocenters. The van der Waals surface area contributed by atoms with Crippen LogP contribution in [0.5, 0.6) is 0 Å². The molecule has 1 aliphatic heterocycles. The second-order valence-corrected chi connectivity index (χ2v) is 7.78. The largest absolute Gasteiger partial charge is 0.457 e. The van der Waals surface area contributed by atoms with Crippen LogP contribution in [-0.2, 0) is 21.4 Å². The van der Waals surface area contributed by atoms with Gasteiger partial charge in [-0.2, -0.15) is 0 Å². The van der Waals surface area contributed by atoms with Crippen molar-refractivity contribution in [2.75, 3.05) is 11.0 Å². The van der Waals surface area contributed by atoms with Crippen LogP contribution in [0.4, 0.5) is 14.5 Å². The van der Waals surface area contributed by atoms with E-state index in [1.807, 2.05) is 0 Å². The zero-order chi connectivity index (χ0) is 17.5. The first-order valence-corrected chi connectivity index (χ1v) is 9.24. The monoisotopic (exact) mass is 372 g/mol. The highest BCUT2D eigenvalue weighted by atomic mass is 32.2. The van der Waals surface area contributed by atoms with Gasteiger partial charge < -0.3 is 4.74 Å². The van der Waals surface area contributed by atoms with Crippen LogP contribution in [0.3, 0.4) is 0 Å². The Hall–Kier alpha value is -2.20. The van der Waals surface area contributed by atoms with Gasteiger partial charge in [-0.1, -0.05) is 11.8 Å². The molecule has 1 aromatic carbocycles. The Labute approximate surface area is 140 Å². The van der Waals surface area contributed by atoms with Gasteiger partial charge in [0.25, 0.3) is 0 Å². The van der Waals surface area contributed by atoms with Crippen molar-refractivity contribution in [3.8, 4) is 0 Å². The number of carbonyl (C=O) groups excluding carboxylic acids is 1. The van der Waals surface area contributed by atoms with Gasteiger partial charge in [0.2, 0.25) is 10.0 Å². The molecule has 6 nitrogen and oxygen atoms in total. The number of fused-ring (bicyclic) bond motifs is 1. The standard InChI is InChI=1S/C14H10F2N2O4S2/c1-24(20,21)18-11-2-7-6-22-14(19)9(7)4-12(11)23-13-10(16)3-8(15)5-17-13/h2-5,18H,6H2,1H3. The first kappa shape index (κ1) is 16.7. The second kappa shape index (κ2) is 6.02. The molecule has 24 heavy (non-hydrogen) atoms.